The molecule has 6 heteroatoms. The van der Waals surface area contributed by atoms with Crippen molar-refractivity contribution in [2.75, 3.05) is 32.7 Å². The van der Waals surface area contributed by atoms with Crippen LogP contribution in [0.4, 0.5) is 0 Å². The molecule has 3 fully saturated rings. The molecular weight excluding hydrogens is 430 g/mol. The molecule has 1 aromatic heterocycles. The lowest BCUT2D eigenvalue weighted by molar-refractivity contribution is -0.0763. The van der Waals surface area contributed by atoms with Gasteiger partial charge in [0.05, 0.1) is 11.7 Å². The molecule has 1 atom stereocenters. The number of likely N-dealkylation sites (tertiary alicyclic amines) is 2. The van der Waals surface area contributed by atoms with Gasteiger partial charge in [-0.2, -0.15) is 0 Å². The summed E-state index contributed by atoms with van der Waals surface area (Å²) < 4.78 is 6.52. The fraction of sp³-hybridized carbons (Fsp3) is 0.593. The van der Waals surface area contributed by atoms with Gasteiger partial charge in [0.15, 0.2) is 0 Å². The molecular formula is C27H37N3O2S. The summed E-state index contributed by atoms with van der Waals surface area (Å²) in [5, 5.41) is 5.42. The highest BCUT2D eigenvalue weighted by molar-refractivity contribution is 7.10. The average Bonchev–Trinajstić information content (AvgIpc) is 3.47. The number of thiophene rings is 1. The minimum atomic E-state index is -0.00873. The summed E-state index contributed by atoms with van der Waals surface area (Å²) in [6.45, 7) is 7.51. The van der Waals surface area contributed by atoms with Gasteiger partial charge in [-0.1, -0.05) is 24.6 Å². The van der Waals surface area contributed by atoms with E-state index in [9.17, 15) is 4.79 Å². The predicted molar refractivity (Wildman–Crippen MR) is 134 cm³/mol. The van der Waals surface area contributed by atoms with E-state index < -0.39 is 0 Å². The van der Waals surface area contributed by atoms with Crippen LogP contribution >= 0.6 is 11.3 Å². The first-order chi connectivity index (χ1) is 16.2. The maximum absolute atomic E-state index is 12.3. The van der Waals surface area contributed by atoms with Gasteiger partial charge in [-0.25, -0.2) is 0 Å². The largest absolute Gasteiger partial charge is 0.370 e. The number of amides is 1. The molecule has 33 heavy (non-hydrogen) atoms. The Morgan fingerprint density at radius 3 is 2.55 bits per heavy atom. The van der Waals surface area contributed by atoms with Crippen molar-refractivity contribution in [3.63, 3.8) is 0 Å². The highest BCUT2D eigenvalue weighted by Gasteiger charge is 2.42. The Balaban J connectivity index is 1.04. The summed E-state index contributed by atoms with van der Waals surface area (Å²) in [5.41, 5.74) is 2.23. The molecule has 3 aliphatic heterocycles. The lowest BCUT2D eigenvalue weighted by Gasteiger charge is -2.39. The fourth-order valence-electron chi connectivity index (χ4n) is 5.61. The van der Waals surface area contributed by atoms with Crippen LogP contribution in [-0.2, 0) is 17.8 Å². The molecule has 3 aliphatic rings. The third-order valence-electron chi connectivity index (χ3n) is 7.57. The minimum absolute atomic E-state index is 0.00873. The van der Waals surface area contributed by atoms with Crippen LogP contribution in [0.25, 0.3) is 0 Å². The first kappa shape index (κ1) is 23.0. The van der Waals surface area contributed by atoms with Crippen LogP contribution in [0.15, 0.2) is 41.8 Å². The molecule has 4 heterocycles. The molecule has 178 valence electrons. The van der Waals surface area contributed by atoms with Crippen LogP contribution in [0.5, 0.6) is 0 Å². The van der Waals surface area contributed by atoms with E-state index in [2.05, 4.69) is 26.6 Å². The molecule has 3 saturated heterocycles. The van der Waals surface area contributed by atoms with E-state index in [1.165, 1.54) is 42.8 Å². The zero-order valence-corrected chi connectivity index (χ0v) is 20.5. The van der Waals surface area contributed by atoms with Gasteiger partial charge in [-0.3, -0.25) is 14.6 Å². The van der Waals surface area contributed by atoms with Gasteiger partial charge >= 0.3 is 0 Å². The molecule has 0 bridgehead atoms. The summed E-state index contributed by atoms with van der Waals surface area (Å²) >= 11 is 1.92. The Hall–Kier alpha value is -1.73. The summed E-state index contributed by atoms with van der Waals surface area (Å²) in [6, 6.07) is 11.9. The van der Waals surface area contributed by atoms with Gasteiger partial charge in [0.2, 0.25) is 0 Å². The van der Waals surface area contributed by atoms with Crippen molar-refractivity contribution in [3.05, 3.63) is 57.8 Å². The Bertz CT molecular complexity index is 901. The van der Waals surface area contributed by atoms with Gasteiger partial charge in [0.25, 0.3) is 5.91 Å². The molecule has 0 aliphatic carbocycles. The second-order valence-corrected chi connectivity index (χ2v) is 11.1. The third-order valence-corrected chi connectivity index (χ3v) is 8.54. The molecule has 1 aromatic carbocycles. The maximum Gasteiger partial charge on any atom is 0.251 e. The Kier molecular flexibility index (Phi) is 7.46. The number of piperidine rings is 2. The van der Waals surface area contributed by atoms with Crippen molar-refractivity contribution in [3.8, 4) is 0 Å². The lowest BCUT2D eigenvalue weighted by atomic mass is 9.88. The molecule has 5 rings (SSSR count). The average molecular weight is 468 g/mol. The normalized spacial score (nSPS) is 23.7. The Morgan fingerprint density at radius 1 is 1.00 bits per heavy atom. The van der Waals surface area contributed by atoms with Crippen molar-refractivity contribution >= 4 is 17.2 Å². The Labute approximate surface area is 202 Å². The molecule has 0 unspecified atom stereocenters. The number of rotatable bonds is 7. The zero-order valence-electron chi connectivity index (χ0n) is 19.6. The number of nitrogens with zero attached hydrogens (tertiary/aromatic N) is 2. The maximum atomic E-state index is 12.3. The SMILES string of the molecule is O=C(NC[C@H]1CCC2(CCN(Cc3cc(CN4CCCCC4)cs3)CC2)O1)c1ccccc1. The quantitative estimate of drug-likeness (QED) is 0.642. The number of carbonyl (C=O) groups excluding carboxylic acids is 1. The minimum Gasteiger partial charge on any atom is -0.370 e. The highest BCUT2D eigenvalue weighted by Crippen LogP contribution is 2.39. The number of nitrogens with one attached hydrogen (secondary N) is 1. The van der Waals surface area contributed by atoms with Crippen molar-refractivity contribution < 1.29 is 9.53 Å². The van der Waals surface area contributed by atoms with E-state index in [0.29, 0.717) is 12.1 Å². The molecule has 1 amide bonds. The van der Waals surface area contributed by atoms with E-state index in [0.717, 1.165) is 51.9 Å². The third kappa shape index (κ3) is 6.04. The van der Waals surface area contributed by atoms with E-state index in [1.807, 2.05) is 41.7 Å². The standard InChI is InChI=1S/C27H37N3O2S/c31-26(23-7-3-1-4-8-23)28-18-24-9-10-27(32-24)11-15-30(16-12-27)20-25-17-22(21-33-25)19-29-13-5-2-6-14-29/h1,3-4,7-8,17,21,24H,2,5-6,9-16,18-20H2,(H,28,31)/t24-/m1/s1. The number of hydrogen-bond donors (Lipinski definition) is 1. The van der Waals surface area contributed by atoms with Crippen LogP contribution < -0.4 is 5.32 Å². The van der Waals surface area contributed by atoms with Crippen LogP contribution in [0, 0.1) is 0 Å². The highest BCUT2D eigenvalue weighted by atomic mass is 32.1. The van der Waals surface area contributed by atoms with Gasteiger partial charge < -0.3 is 10.1 Å². The second-order valence-electron chi connectivity index (χ2n) is 10.1. The molecule has 0 radical (unpaired) electrons. The summed E-state index contributed by atoms with van der Waals surface area (Å²) in [4.78, 5) is 19.0. The number of benzene rings is 1. The number of ether oxygens (including phenoxy) is 1. The van der Waals surface area contributed by atoms with Crippen molar-refractivity contribution in [1.29, 1.82) is 0 Å². The molecule has 1 spiro atoms. The van der Waals surface area contributed by atoms with Gasteiger partial charge in [-0.15, -0.1) is 11.3 Å². The first-order valence-corrected chi connectivity index (χ1v) is 13.6. The van der Waals surface area contributed by atoms with Gasteiger partial charge in [-0.05, 0) is 80.8 Å². The van der Waals surface area contributed by atoms with Gasteiger partial charge in [0, 0.05) is 43.2 Å². The molecule has 5 nitrogen and oxygen atoms in total. The van der Waals surface area contributed by atoms with Crippen LogP contribution in [0.2, 0.25) is 0 Å². The first-order valence-electron chi connectivity index (χ1n) is 12.7. The van der Waals surface area contributed by atoms with Gasteiger partial charge in [0.1, 0.15) is 0 Å². The number of hydrogen-bond acceptors (Lipinski definition) is 5. The van der Waals surface area contributed by atoms with E-state index in [1.54, 1.807) is 0 Å². The summed E-state index contributed by atoms with van der Waals surface area (Å²) in [7, 11) is 0. The van der Waals surface area contributed by atoms with Crippen molar-refractivity contribution in [1.82, 2.24) is 15.1 Å². The number of carbonyl (C=O) groups is 1. The monoisotopic (exact) mass is 467 g/mol. The van der Waals surface area contributed by atoms with Crippen molar-refractivity contribution in [2.24, 2.45) is 0 Å². The van der Waals surface area contributed by atoms with Crippen LogP contribution in [0.3, 0.4) is 0 Å². The smallest absolute Gasteiger partial charge is 0.251 e. The summed E-state index contributed by atoms with van der Waals surface area (Å²) in [5.74, 6) is -0.00873. The predicted octanol–water partition coefficient (Wildman–Crippen LogP) is 4.68. The lowest BCUT2D eigenvalue weighted by Crippen LogP contribution is -2.44. The Morgan fingerprint density at radius 2 is 1.76 bits per heavy atom. The second kappa shape index (κ2) is 10.7. The molecule has 1 N–H and O–H groups in total. The van der Waals surface area contributed by atoms with E-state index >= 15 is 0 Å². The fourth-order valence-corrected chi connectivity index (χ4v) is 6.53. The molecule has 0 saturated carbocycles. The van der Waals surface area contributed by atoms with Crippen molar-refractivity contribution in [2.45, 2.75) is 69.7 Å². The molecule has 2 aromatic rings. The van der Waals surface area contributed by atoms with E-state index in [4.69, 9.17) is 4.74 Å². The van der Waals surface area contributed by atoms with E-state index in [-0.39, 0.29) is 17.6 Å². The topological polar surface area (TPSA) is 44.8 Å². The summed E-state index contributed by atoms with van der Waals surface area (Å²) in [6.07, 6.45) is 8.60. The zero-order chi connectivity index (χ0) is 22.5. The van der Waals surface area contributed by atoms with Crippen LogP contribution in [0.1, 0.15) is 65.7 Å². The van der Waals surface area contributed by atoms with Crippen LogP contribution in [-0.4, -0.2) is 60.1 Å².